The van der Waals surface area contributed by atoms with E-state index in [1.807, 2.05) is 6.92 Å². The van der Waals surface area contributed by atoms with Crippen LogP contribution in [0.25, 0.3) is 0 Å². The lowest BCUT2D eigenvalue weighted by molar-refractivity contribution is -0.394. The first-order valence-corrected chi connectivity index (χ1v) is 7.72. The quantitative estimate of drug-likeness (QED) is 0.295. The summed E-state index contributed by atoms with van der Waals surface area (Å²) in [6.45, 7) is 5.07. The Morgan fingerprint density at radius 1 is 1.32 bits per heavy atom. The zero-order valence-electron chi connectivity index (χ0n) is 14.2. The molecule has 1 aromatic carbocycles. The molecule has 2 N–H and O–H groups in total. The van der Waals surface area contributed by atoms with Gasteiger partial charge in [0.2, 0.25) is 0 Å². The smallest absolute Gasteiger partial charge is 0.318 e. The van der Waals surface area contributed by atoms with Crippen LogP contribution in [0.5, 0.6) is 0 Å². The van der Waals surface area contributed by atoms with Crippen molar-refractivity contribution in [3.63, 3.8) is 0 Å². The molecule has 0 heterocycles. The number of esters is 1. The number of ether oxygens (including phenoxy) is 1. The number of nitrogens with zero attached hydrogens (tertiary/aromatic N) is 2. The molecular formula is C15H21N3O7. The lowest BCUT2D eigenvalue weighted by atomic mass is 9.87. The molecule has 2 unspecified atom stereocenters. The Balaban J connectivity index is 3.51. The van der Waals surface area contributed by atoms with Gasteiger partial charge in [-0.2, -0.15) is 0 Å². The van der Waals surface area contributed by atoms with Gasteiger partial charge in [0.1, 0.15) is 11.6 Å². The molecule has 0 saturated heterocycles. The molecule has 0 saturated carbocycles. The third-order valence-electron chi connectivity index (χ3n) is 3.55. The summed E-state index contributed by atoms with van der Waals surface area (Å²) in [6.07, 6.45) is 0.647. The number of nitrogens with one attached hydrogen (secondary N) is 1. The number of nitro groups is 2. The Morgan fingerprint density at radius 2 is 1.96 bits per heavy atom. The van der Waals surface area contributed by atoms with E-state index in [0.717, 1.165) is 18.2 Å². The van der Waals surface area contributed by atoms with E-state index in [-0.39, 0.29) is 12.2 Å². The number of non-ortho nitro benzene ring substituents is 1. The molecule has 0 amide bonds. The van der Waals surface area contributed by atoms with Crippen molar-refractivity contribution in [3.05, 3.63) is 44.0 Å². The highest BCUT2D eigenvalue weighted by atomic mass is 16.6. The Labute approximate surface area is 144 Å². The van der Waals surface area contributed by atoms with Crippen molar-refractivity contribution in [3.8, 4) is 0 Å². The average molecular weight is 355 g/mol. The molecule has 0 aromatic heterocycles. The molecule has 0 spiro atoms. The van der Waals surface area contributed by atoms with E-state index in [0.29, 0.717) is 13.0 Å². The Kier molecular flexibility index (Phi) is 6.95. The number of carbonyl (C=O) groups excluding carboxylic acids is 1. The summed E-state index contributed by atoms with van der Waals surface area (Å²) >= 11 is 0. The lowest BCUT2D eigenvalue weighted by Gasteiger charge is -2.32. The monoisotopic (exact) mass is 355 g/mol. The van der Waals surface area contributed by atoms with Crippen LogP contribution in [-0.4, -0.2) is 39.8 Å². The number of nitro benzene ring substituents is 2. The van der Waals surface area contributed by atoms with Gasteiger partial charge in [-0.25, -0.2) is 0 Å². The maximum absolute atomic E-state index is 12.4. The number of aliphatic hydroxyl groups is 1. The van der Waals surface area contributed by atoms with Gasteiger partial charge in [0.15, 0.2) is 0 Å². The van der Waals surface area contributed by atoms with Gasteiger partial charge in [0, 0.05) is 11.6 Å². The largest absolute Gasteiger partial charge is 0.465 e. The summed E-state index contributed by atoms with van der Waals surface area (Å²) in [7, 11) is 0. The van der Waals surface area contributed by atoms with Gasteiger partial charge >= 0.3 is 5.97 Å². The van der Waals surface area contributed by atoms with Crippen molar-refractivity contribution in [1.29, 1.82) is 0 Å². The van der Waals surface area contributed by atoms with Crippen molar-refractivity contribution in [2.24, 2.45) is 0 Å². The van der Waals surface area contributed by atoms with Gasteiger partial charge < -0.3 is 9.84 Å². The zero-order chi connectivity index (χ0) is 19.2. The highest BCUT2D eigenvalue weighted by molar-refractivity contribution is 5.81. The fourth-order valence-corrected chi connectivity index (χ4v) is 2.41. The van der Waals surface area contributed by atoms with Gasteiger partial charge in [-0.05, 0) is 32.9 Å². The van der Waals surface area contributed by atoms with Crippen LogP contribution >= 0.6 is 0 Å². The molecule has 0 aliphatic heterocycles. The molecule has 2 atom stereocenters. The maximum Gasteiger partial charge on any atom is 0.318 e. The molecule has 0 aliphatic rings. The van der Waals surface area contributed by atoms with Gasteiger partial charge in [-0.3, -0.25) is 30.3 Å². The second kappa shape index (κ2) is 8.49. The fraction of sp³-hybridized carbons (Fsp3) is 0.533. The normalized spacial score (nSPS) is 14.4. The lowest BCUT2D eigenvalue weighted by Crippen LogP contribution is -2.51. The van der Waals surface area contributed by atoms with Gasteiger partial charge in [-0.1, -0.05) is 6.92 Å². The molecular weight excluding hydrogens is 334 g/mol. The molecule has 138 valence electrons. The predicted molar refractivity (Wildman–Crippen MR) is 88.0 cm³/mol. The van der Waals surface area contributed by atoms with Crippen LogP contribution in [0.1, 0.15) is 38.7 Å². The summed E-state index contributed by atoms with van der Waals surface area (Å²) in [6, 6.07) is 2.90. The van der Waals surface area contributed by atoms with Crippen LogP contribution in [0.2, 0.25) is 0 Å². The summed E-state index contributed by atoms with van der Waals surface area (Å²) in [5.74, 6) is -2.30. The second-order valence-corrected chi connectivity index (χ2v) is 5.52. The zero-order valence-corrected chi connectivity index (χ0v) is 14.2. The number of hydrogen-bond donors (Lipinski definition) is 2. The molecule has 1 aromatic rings. The van der Waals surface area contributed by atoms with Crippen molar-refractivity contribution >= 4 is 17.3 Å². The minimum atomic E-state index is -1.84. The molecule has 0 aliphatic carbocycles. The SMILES string of the molecule is CCCNC(C)(O)C(C(=O)OCC)c1ccc([N+](=O)[O-])cc1[N+](=O)[O-]. The molecule has 25 heavy (non-hydrogen) atoms. The number of carbonyl (C=O) groups is 1. The van der Waals surface area contributed by atoms with Crippen molar-refractivity contribution in [2.75, 3.05) is 13.2 Å². The molecule has 10 nitrogen and oxygen atoms in total. The molecule has 10 heteroatoms. The van der Waals surface area contributed by atoms with E-state index in [1.165, 1.54) is 6.92 Å². The first-order chi connectivity index (χ1) is 11.7. The number of rotatable bonds is 9. The maximum atomic E-state index is 12.4. The highest BCUT2D eigenvalue weighted by Crippen LogP contribution is 2.36. The third kappa shape index (κ3) is 4.94. The molecule has 1 rings (SSSR count). The molecule has 0 bridgehead atoms. The average Bonchev–Trinajstić information content (AvgIpc) is 2.53. The van der Waals surface area contributed by atoms with Crippen molar-refractivity contribution in [2.45, 2.75) is 38.8 Å². The standard InChI is InChI=1S/C15H21N3O7/c1-4-8-16-15(3,20)13(14(19)25-5-2)11-7-6-10(17(21)22)9-12(11)18(23)24/h6-7,9,13,16,20H,4-5,8H2,1-3H3. The third-order valence-corrected chi connectivity index (χ3v) is 3.55. The Hall–Kier alpha value is -2.59. The van der Waals surface area contributed by atoms with Crippen molar-refractivity contribution < 1.29 is 24.5 Å². The number of benzene rings is 1. The van der Waals surface area contributed by atoms with Crippen molar-refractivity contribution in [1.82, 2.24) is 5.32 Å². The van der Waals surface area contributed by atoms with Crippen LogP contribution in [0.4, 0.5) is 11.4 Å². The van der Waals surface area contributed by atoms with E-state index in [2.05, 4.69) is 5.32 Å². The molecule has 0 radical (unpaired) electrons. The van der Waals surface area contributed by atoms with Gasteiger partial charge in [-0.15, -0.1) is 0 Å². The van der Waals surface area contributed by atoms with Crippen LogP contribution < -0.4 is 5.32 Å². The fourth-order valence-electron chi connectivity index (χ4n) is 2.41. The minimum absolute atomic E-state index is 0.0139. The van der Waals surface area contributed by atoms with E-state index < -0.39 is 38.8 Å². The predicted octanol–water partition coefficient (Wildman–Crippen LogP) is 1.86. The van der Waals surface area contributed by atoms with Crippen LogP contribution in [0.3, 0.4) is 0 Å². The first-order valence-electron chi connectivity index (χ1n) is 7.72. The Morgan fingerprint density at radius 3 is 2.44 bits per heavy atom. The van der Waals surface area contributed by atoms with Gasteiger partial charge in [0.25, 0.3) is 11.4 Å². The summed E-state index contributed by atoms with van der Waals surface area (Å²) in [5.41, 5.74) is -3.13. The minimum Gasteiger partial charge on any atom is -0.465 e. The van der Waals surface area contributed by atoms with Crippen LogP contribution in [0.15, 0.2) is 18.2 Å². The second-order valence-electron chi connectivity index (χ2n) is 5.52. The molecule has 0 fully saturated rings. The summed E-state index contributed by atoms with van der Waals surface area (Å²) in [5, 5.41) is 35.6. The summed E-state index contributed by atoms with van der Waals surface area (Å²) < 4.78 is 4.94. The van der Waals surface area contributed by atoms with E-state index >= 15 is 0 Å². The topological polar surface area (TPSA) is 145 Å². The number of hydrogen-bond acceptors (Lipinski definition) is 8. The first kappa shape index (κ1) is 20.5. The van der Waals surface area contributed by atoms with Gasteiger partial charge in [0.05, 0.1) is 22.5 Å². The van der Waals surface area contributed by atoms with E-state index in [4.69, 9.17) is 4.74 Å². The summed E-state index contributed by atoms with van der Waals surface area (Å²) in [4.78, 5) is 33.0. The van der Waals surface area contributed by atoms with Crippen LogP contribution in [-0.2, 0) is 9.53 Å². The Bertz CT molecular complexity index is 661. The van der Waals surface area contributed by atoms with E-state index in [9.17, 15) is 30.1 Å². The van der Waals surface area contributed by atoms with Crippen LogP contribution in [0, 0.1) is 20.2 Å². The van der Waals surface area contributed by atoms with E-state index in [1.54, 1.807) is 6.92 Å². The highest BCUT2D eigenvalue weighted by Gasteiger charge is 2.43.